The first-order chi connectivity index (χ1) is 33.4. The lowest BCUT2D eigenvalue weighted by molar-refractivity contribution is 0.661. The molecule has 0 amide bonds. The highest BCUT2D eigenvalue weighted by Crippen LogP contribution is 2.51. The summed E-state index contributed by atoms with van der Waals surface area (Å²) in [6.07, 6.45) is 0. The van der Waals surface area contributed by atoms with Crippen LogP contribution < -0.4 is 0 Å². The lowest BCUT2D eigenvalue weighted by atomic mass is 9.81. The molecule has 0 saturated heterocycles. The summed E-state index contributed by atoms with van der Waals surface area (Å²) in [7, 11) is 0. The van der Waals surface area contributed by atoms with E-state index in [0.29, 0.717) is 23.3 Å². The van der Waals surface area contributed by atoms with Crippen molar-refractivity contribution in [1.82, 2.24) is 24.9 Å². The molecular weight excluding hydrogens is 831 g/mol. The molecule has 0 saturated carbocycles. The lowest BCUT2D eigenvalue weighted by Crippen LogP contribution is -2.15. The fourth-order valence-electron chi connectivity index (χ4n) is 10.0. The second-order valence-corrected chi connectivity index (χ2v) is 18.1. The van der Waals surface area contributed by atoms with Crippen molar-refractivity contribution in [1.29, 1.82) is 0 Å². The highest BCUT2D eigenvalue weighted by atomic mass is 16.3. The van der Waals surface area contributed by atoms with E-state index in [1.807, 2.05) is 78.9 Å². The molecule has 0 spiro atoms. The average Bonchev–Trinajstić information content (AvgIpc) is 3.89. The summed E-state index contributed by atoms with van der Waals surface area (Å²) in [6, 6.07) is 73.9. The van der Waals surface area contributed by atoms with E-state index in [-0.39, 0.29) is 5.41 Å². The van der Waals surface area contributed by atoms with Crippen LogP contribution in [0, 0.1) is 0 Å². The van der Waals surface area contributed by atoms with Gasteiger partial charge in [-0.2, -0.15) is 0 Å². The van der Waals surface area contributed by atoms with E-state index in [2.05, 4.69) is 147 Å². The van der Waals surface area contributed by atoms with Crippen molar-refractivity contribution in [3.05, 3.63) is 223 Å². The predicted octanol–water partition coefficient (Wildman–Crippen LogP) is 15.7. The number of furan rings is 1. The van der Waals surface area contributed by atoms with E-state index in [9.17, 15) is 0 Å². The van der Waals surface area contributed by atoms with Gasteiger partial charge >= 0.3 is 0 Å². The molecule has 0 radical (unpaired) electrons. The Morgan fingerprint density at radius 3 is 1.57 bits per heavy atom. The summed E-state index contributed by atoms with van der Waals surface area (Å²) in [5.74, 6) is 2.38. The van der Waals surface area contributed by atoms with E-state index >= 15 is 0 Å². The lowest BCUT2D eigenvalue weighted by Gasteiger charge is -2.22. The van der Waals surface area contributed by atoms with Gasteiger partial charge in [0.25, 0.3) is 0 Å². The fraction of sp³-hybridized carbons (Fsp3) is 0.0484. The van der Waals surface area contributed by atoms with Crippen molar-refractivity contribution < 1.29 is 4.42 Å². The molecular formula is C62H41N5O. The number of nitrogens with zero attached hydrogens (tertiary/aromatic N) is 5. The Bertz CT molecular complexity index is 3950. The number of hydrogen-bond donors (Lipinski definition) is 0. The molecule has 3 heterocycles. The van der Waals surface area contributed by atoms with Crippen LogP contribution in [0.4, 0.5) is 0 Å². The summed E-state index contributed by atoms with van der Waals surface area (Å²) in [5, 5.41) is 4.59. The minimum absolute atomic E-state index is 0.180. The van der Waals surface area contributed by atoms with Gasteiger partial charge in [0, 0.05) is 44.0 Å². The average molecular weight is 872 g/mol. The van der Waals surface area contributed by atoms with Crippen LogP contribution in [0.25, 0.3) is 123 Å². The number of para-hydroxylation sites is 2. The van der Waals surface area contributed by atoms with Crippen molar-refractivity contribution in [3.63, 3.8) is 0 Å². The number of hydrogen-bond acceptors (Lipinski definition) is 6. The normalized spacial score (nSPS) is 12.7. The first kappa shape index (κ1) is 39.5. The Hall–Kier alpha value is -8.87. The van der Waals surface area contributed by atoms with Crippen LogP contribution in [0.15, 0.2) is 217 Å². The smallest absolute Gasteiger partial charge is 0.167 e. The van der Waals surface area contributed by atoms with Gasteiger partial charge in [-0.05, 0) is 92.7 Å². The van der Waals surface area contributed by atoms with Crippen molar-refractivity contribution in [2.24, 2.45) is 0 Å². The Morgan fingerprint density at radius 2 is 0.838 bits per heavy atom. The highest BCUT2D eigenvalue weighted by Gasteiger charge is 2.36. The molecule has 0 N–H and O–H groups in total. The van der Waals surface area contributed by atoms with Crippen LogP contribution in [0.5, 0.6) is 0 Å². The molecule has 6 heteroatoms. The monoisotopic (exact) mass is 871 g/mol. The van der Waals surface area contributed by atoms with Gasteiger partial charge in [-0.25, -0.2) is 24.9 Å². The summed E-state index contributed by atoms with van der Waals surface area (Å²) in [4.78, 5) is 25.8. The molecule has 0 fully saturated rings. The van der Waals surface area contributed by atoms with Crippen LogP contribution in [0.3, 0.4) is 0 Å². The summed E-state index contributed by atoms with van der Waals surface area (Å²) in [5.41, 5.74) is 16.0. The largest absolute Gasteiger partial charge is 0.455 e. The minimum atomic E-state index is -0.180. The van der Waals surface area contributed by atoms with Gasteiger partial charge in [0.2, 0.25) is 0 Å². The van der Waals surface area contributed by atoms with Gasteiger partial charge in [-0.15, -0.1) is 0 Å². The van der Waals surface area contributed by atoms with Crippen molar-refractivity contribution in [2.75, 3.05) is 0 Å². The second kappa shape index (κ2) is 15.6. The summed E-state index contributed by atoms with van der Waals surface area (Å²) < 4.78 is 6.46. The van der Waals surface area contributed by atoms with Gasteiger partial charge in [0.1, 0.15) is 11.2 Å². The maximum Gasteiger partial charge on any atom is 0.167 e. The zero-order valence-electron chi connectivity index (χ0n) is 37.4. The molecule has 1 aliphatic rings. The Labute approximate surface area is 393 Å². The topological polar surface area (TPSA) is 77.6 Å². The number of benzene rings is 9. The zero-order valence-corrected chi connectivity index (χ0v) is 37.4. The van der Waals surface area contributed by atoms with Crippen LogP contribution >= 0.6 is 0 Å². The first-order valence-corrected chi connectivity index (χ1v) is 23.0. The summed E-state index contributed by atoms with van der Waals surface area (Å²) in [6.45, 7) is 4.67. The quantitative estimate of drug-likeness (QED) is 0.159. The molecule has 12 aromatic rings. The fourth-order valence-corrected chi connectivity index (χ4v) is 10.0. The third kappa shape index (κ3) is 6.68. The zero-order chi connectivity index (χ0) is 45.3. The van der Waals surface area contributed by atoms with E-state index in [1.54, 1.807) is 0 Å². The number of fused-ring (bicyclic) bond motifs is 7. The standard InChI is InChI=1S/C62H41N5O/c1-62(2)52-36-45(30-31-47(52)51-34-42-20-9-10-21-43(42)35-53(51)62)55-37-54(63-58(64-55)38-16-5-3-6-17-38)44-24-13-22-40(32-44)41-23-14-25-46(33-41)60-65-59(39-18-7-4-8-19-39)66-61(67-60)50-28-15-27-49-48-26-11-12-29-56(48)68-57(49)50/h3-37H,1-2H3. The van der Waals surface area contributed by atoms with Gasteiger partial charge < -0.3 is 4.42 Å². The predicted molar refractivity (Wildman–Crippen MR) is 276 cm³/mol. The van der Waals surface area contributed by atoms with Gasteiger partial charge in [0.05, 0.1) is 17.0 Å². The highest BCUT2D eigenvalue weighted by molar-refractivity contribution is 6.09. The minimum Gasteiger partial charge on any atom is -0.455 e. The summed E-state index contributed by atoms with van der Waals surface area (Å²) >= 11 is 0. The number of aromatic nitrogens is 5. The van der Waals surface area contributed by atoms with Crippen LogP contribution in [0.1, 0.15) is 25.0 Å². The molecule has 0 atom stereocenters. The maximum absolute atomic E-state index is 6.46. The third-order valence-corrected chi connectivity index (χ3v) is 13.5. The van der Waals surface area contributed by atoms with E-state index in [0.717, 1.165) is 77.8 Å². The van der Waals surface area contributed by atoms with E-state index in [4.69, 9.17) is 29.3 Å². The molecule has 1 aliphatic carbocycles. The molecule has 0 unspecified atom stereocenters. The van der Waals surface area contributed by atoms with Gasteiger partial charge in [0.15, 0.2) is 23.3 Å². The molecule has 3 aromatic heterocycles. The molecule has 0 aliphatic heterocycles. The Morgan fingerprint density at radius 1 is 0.324 bits per heavy atom. The molecule has 13 rings (SSSR count). The first-order valence-electron chi connectivity index (χ1n) is 23.0. The van der Waals surface area contributed by atoms with Gasteiger partial charge in [-0.1, -0.05) is 178 Å². The third-order valence-electron chi connectivity index (χ3n) is 13.5. The Balaban J connectivity index is 0.901. The molecule has 0 bridgehead atoms. The number of rotatable bonds is 7. The van der Waals surface area contributed by atoms with Crippen molar-refractivity contribution in [3.8, 4) is 90.3 Å². The second-order valence-electron chi connectivity index (χ2n) is 18.1. The van der Waals surface area contributed by atoms with Crippen LogP contribution in [-0.4, -0.2) is 24.9 Å². The van der Waals surface area contributed by atoms with Crippen LogP contribution in [-0.2, 0) is 5.41 Å². The molecule has 6 nitrogen and oxygen atoms in total. The maximum atomic E-state index is 6.46. The molecule has 68 heavy (non-hydrogen) atoms. The Kier molecular flexibility index (Phi) is 9.08. The van der Waals surface area contributed by atoms with E-state index < -0.39 is 0 Å². The van der Waals surface area contributed by atoms with Gasteiger partial charge in [-0.3, -0.25) is 0 Å². The molecule has 320 valence electrons. The SMILES string of the molecule is CC1(C)c2cc(-c3cc(-c4cccc(-c5cccc(-c6nc(-c7ccccc7)nc(-c7cccc8c7oc7ccccc78)n6)c5)c4)nc(-c4ccccc4)n3)ccc2-c2cc3ccccc3cc21. The molecule has 9 aromatic carbocycles. The van der Waals surface area contributed by atoms with Crippen LogP contribution in [0.2, 0.25) is 0 Å². The van der Waals surface area contributed by atoms with Crippen molar-refractivity contribution in [2.45, 2.75) is 19.3 Å². The van der Waals surface area contributed by atoms with Crippen molar-refractivity contribution >= 4 is 32.7 Å². The van der Waals surface area contributed by atoms with E-state index in [1.165, 1.54) is 33.0 Å².